The highest BCUT2D eigenvalue weighted by molar-refractivity contribution is 7.98. The van der Waals surface area contributed by atoms with Crippen LogP contribution in [0.25, 0.3) is 15.9 Å². The van der Waals surface area contributed by atoms with E-state index in [-0.39, 0.29) is 0 Å². The Labute approximate surface area is 145 Å². The van der Waals surface area contributed by atoms with E-state index in [1.807, 2.05) is 42.5 Å². The molecule has 0 aliphatic rings. The molecule has 5 nitrogen and oxygen atoms in total. The van der Waals surface area contributed by atoms with Gasteiger partial charge in [-0.3, -0.25) is 0 Å². The first-order chi connectivity index (χ1) is 11.3. The second-order valence-corrected chi connectivity index (χ2v) is 7.21. The lowest BCUT2D eigenvalue weighted by atomic mass is 10.3. The van der Waals surface area contributed by atoms with Crippen LogP contribution in [-0.4, -0.2) is 25.2 Å². The standard InChI is InChI=1S/C15H10ClN5S2/c16-10-5-7-11(8-6-10)21-15(18-19-20-21)22-9-14-17-12-3-1-2-4-13(12)23-14/h1-8H,9H2. The third-order valence-electron chi connectivity index (χ3n) is 3.18. The molecule has 0 aliphatic carbocycles. The zero-order valence-corrected chi connectivity index (χ0v) is 14.1. The van der Waals surface area contributed by atoms with E-state index in [9.17, 15) is 0 Å². The molecule has 4 rings (SSSR count). The molecule has 0 saturated carbocycles. The van der Waals surface area contributed by atoms with E-state index >= 15 is 0 Å². The highest BCUT2D eigenvalue weighted by atomic mass is 35.5. The molecule has 0 spiro atoms. The van der Waals surface area contributed by atoms with Crippen molar-refractivity contribution in [1.29, 1.82) is 0 Å². The summed E-state index contributed by atoms with van der Waals surface area (Å²) in [6, 6.07) is 15.6. The van der Waals surface area contributed by atoms with E-state index in [0.717, 1.165) is 27.1 Å². The van der Waals surface area contributed by atoms with Crippen LogP contribution in [0.5, 0.6) is 0 Å². The number of halogens is 1. The van der Waals surface area contributed by atoms with Crippen molar-refractivity contribution in [3.05, 3.63) is 58.6 Å². The Morgan fingerprint density at radius 1 is 1.09 bits per heavy atom. The summed E-state index contributed by atoms with van der Waals surface area (Å²) in [5.41, 5.74) is 1.91. The predicted octanol–water partition coefficient (Wildman–Crippen LogP) is 4.22. The van der Waals surface area contributed by atoms with Gasteiger partial charge in [0.25, 0.3) is 0 Å². The highest BCUT2D eigenvalue weighted by Gasteiger charge is 2.11. The number of hydrogen-bond acceptors (Lipinski definition) is 6. The Kier molecular flexibility index (Phi) is 3.99. The zero-order chi connectivity index (χ0) is 15.6. The van der Waals surface area contributed by atoms with Gasteiger partial charge in [0.1, 0.15) is 5.01 Å². The molecular formula is C15H10ClN5S2. The molecule has 0 saturated heterocycles. The number of hydrogen-bond donors (Lipinski definition) is 0. The zero-order valence-electron chi connectivity index (χ0n) is 11.8. The van der Waals surface area contributed by atoms with Gasteiger partial charge in [-0.2, -0.15) is 4.68 Å². The number of fused-ring (bicyclic) bond motifs is 1. The Bertz CT molecular complexity index is 915. The van der Waals surface area contributed by atoms with E-state index in [1.54, 1.807) is 27.8 Å². The molecule has 4 aromatic rings. The van der Waals surface area contributed by atoms with Gasteiger partial charge in [-0.05, 0) is 46.8 Å². The molecule has 0 fully saturated rings. The maximum atomic E-state index is 5.92. The highest BCUT2D eigenvalue weighted by Crippen LogP contribution is 2.28. The van der Waals surface area contributed by atoms with Crippen LogP contribution in [0.1, 0.15) is 5.01 Å². The second-order valence-electron chi connectivity index (χ2n) is 4.71. The van der Waals surface area contributed by atoms with Crippen LogP contribution in [0.2, 0.25) is 5.02 Å². The molecule has 0 radical (unpaired) electrons. The number of thioether (sulfide) groups is 1. The number of rotatable bonds is 4. The molecule has 2 aromatic carbocycles. The quantitative estimate of drug-likeness (QED) is 0.511. The summed E-state index contributed by atoms with van der Waals surface area (Å²) in [6.07, 6.45) is 0. The molecule has 2 aromatic heterocycles. The average Bonchev–Trinajstić information content (AvgIpc) is 3.19. The van der Waals surface area contributed by atoms with Crippen LogP contribution in [0.4, 0.5) is 0 Å². The van der Waals surface area contributed by atoms with Gasteiger partial charge in [0.05, 0.1) is 21.7 Å². The first-order valence-electron chi connectivity index (χ1n) is 6.81. The monoisotopic (exact) mass is 359 g/mol. The molecule has 114 valence electrons. The molecule has 0 bridgehead atoms. The van der Waals surface area contributed by atoms with E-state index in [4.69, 9.17) is 11.6 Å². The van der Waals surface area contributed by atoms with Crippen molar-refractivity contribution < 1.29 is 0 Å². The van der Waals surface area contributed by atoms with Gasteiger partial charge in [0.15, 0.2) is 0 Å². The van der Waals surface area contributed by atoms with Gasteiger partial charge in [-0.25, -0.2) is 4.98 Å². The molecule has 0 N–H and O–H groups in total. The van der Waals surface area contributed by atoms with Crippen molar-refractivity contribution >= 4 is 44.9 Å². The number of para-hydroxylation sites is 1. The van der Waals surface area contributed by atoms with Crippen LogP contribution in [0.3, 0.4) is 0 Å². The summed E-state index contributed by atoms with van der Waals surface area (Å²) in [6.45, 7) is 0. The van der Waals surface area contributed by atoms with Gasteiger partial charge >= 0.3 is 0 Å². The molecule has 0 atom stereocenters. The largest absolute Gasteiger partial charge is 0.240 e. The van der Waals surface area contributed by atoms with Gasteiger partial charge < -0.3 is 0 Å². The van der Waals surface area contributed by atoms with Crippen LogP contribution in [0.15, 0.2) is 53.7 Å². The van der Waals surface area contributed by atoms with Crippen LogP contribution in [0, 0.1) is 0 Å². The SMILES string of the molecule is Clc1ccc(-n2nnnc2SCc2nc3ccccc3s2)cc1. The smallest absolute Gasteiger partial charge is 0.214 e. The van der Waals surface area contributed by atoms with E-state index in [1.165, 1.54) is 4.70 Å². The van der Waals surface area contributed by atoms with Crippen molar-refractivity contribution in [3.8, 4) is 5.69 Å². The van der Waals surface area contributed by atoms with Crippen molar-refractivity contribution in [3.63, 3.8) is 0 Å². The van der Waals surface area contributed by atoms with Crippen molar-refractivity contribution in [1.82, 2.24) is 25.2 Å². The lowest BCUT2D eigenvalue weighted by molar-refractivity contribution is 0.756. The van der Waals surface area contributed by atoms with Gasteiger partial charge in [0.2, 0.25) is 5.16 Å². The molecule has 23 heavy (non-hydrogen) atoms. The Hall–Kier alpha value is -1.96. The van der Waals surface area contributed by atoms with Crippen LogP contribution < -0.4 is 0 Å². The molecular weight excluding hydrogens is 350 g/mol. The van der Waals surface area contributed by atoms with Gasteiger partial charge in [-0.15, -0.1) is 16.4 Å². The normalized spacial score (nSPS) is 11.2. The fourth-order valence-corrected chi connectivity index (χ4v) is 4.10. The number of benzene rings is 2. The fraction of sp³-hybridized carbons (Fsp3) is 0.0667. The Balaban J connectivity index is 1.55. The maximum absolute atomic E-state index is 5.92. The van der Waals surface area contributed by atoms with Crippen LogP contribution >= 0.6 is 34.7 Å². The second kappa shape index (κ2) is 6.27. The maximum Gasteiger partial charge on any atom is 0.214 e. The minimum Gasteiger partial charge on any atom is -0.240 e. The Morgan fingerprint density at radius 2 is 1.91 bits per heavy atom. The third-order valence-corrected chi connectivity index (χ3v) is 5.58. The number of nitrogens with zero attached hydrogens (tertiary/aromatic N) is 5. The topological polar surface area (TPSA) is 56.5 Å². The predicted molar refractivity (Wildman–Crippen MR) is 93.3 cm³/mol. The lowest BCUT2D eigenvalue weighted by Crippen LogP contribution is -1.98. The number of tetrazole rings is 1. The summed E-state index contributed by atoms with van der Waals surface area (Å²) < 4.78 is 2.90. The third kappa shape index (κ3) is 3.08. The first-order valence-corrected chi connectivity index (χ1v) is 8.99. The number of aromatic nitrogens is 5. The minimum absolute atomic E-state index is 0.686. The summed E-state index contributed by atoms with van der Waals surface area (Å²) in [7, 11) is 0. The van der Waals surface area contributed by atoms with Crippen molar-refractivity contribution in [2.24, 2.45) is 0 Å². The van der Waals surface area contributed by atoms with Crippen molar-refractivity contribution in [2.75, 3.05) is 0 Å². The van der Waals surface area contributed by atoms with Gasteiger partial charge in [-0.1, -0.05) is 35.5 Å². The van der Waals surface area contributed by atoms with E-state index in [0.29, 0.717) is 5.02 Å². The van der Waals surface area contributed by atoms with E-state index in [2.05, 4.69) is 26.6 Å². The number of thiazole rings is 1. The summed E-state index contributed by atoms with van der Waals surface area (Å²) in [5.74, 6) is 0.729. The molecule has 2 heterocycles. The molecule has 8 heteroatoms. The average molecular weight is 360 g/mol. The first kappa shape index (κ1) is 14.6. The Morgan fingerprint density at radius 3 is 2.74 bits per heavy atom. The minimum atomic E-state index is 0.686. The van der Waals surface area contributed by atoms with Gasteiger partial charge in [0, 0.05) is 5.02 Å². The summed E-state index contributed by atoms with van der Waals surface area (Å²) in [5, 5.41) is 14.4. The fourth-order valence-electron chi connectivity index (χ4n) is 2.12. The summed E-state index contributed by atoms with van der Waals surface area (Å²) in [4.78, 5) is 4.63. The molecule has 0 unspecified atom stereocenters. The summed E-state index contributed by atoms with van der Waals surface area (Å²) >= 11 is 9.18. The van der Waals surface area contributed by atoms with Crippen LogP contribution in [-0.2, 0) is 5.75 Å². The van der Waals surface area contributed by atoms with E-state index < -0.39 is 0 Å². The van der Waals surface area contributed by atoms with Crippen molar-refractivity contribution in [2.45, 2.75) is 10.9 Å². The molecule has 0 amide bonds. The lowest BCUT2D eigenvalue weighted by Gasteiger charge is -2.03. The molecule has 0 aliphatic heterocycles.